The smallest absolute Gasteiger partial charge is 0.252 e. The van der Waals surface area contributed by atoms with Crippen molar-refractivity contribution < 1.29 is 9.90 Å². The van der Waals surface area contributed by atoms with Crippen molar-refractivity contribution in [3.05, 3.63) is 47.2 Å². The van der Waals surface area contributed by atoms with Gasteiger partial charge in [0.15, 0.2) is 0 Å². The lowest BCUT2D eigenvalue weighted by Crippen LogP contribution is -2.47. The predicted molar refractivity (Wildman–Crippen MR) is 97.3 cm³/mol. The maximum Gasteiger partial charge on any atom is 0.252 e. The number of aromatic nitrogens is 1. The SMILES string of the molecule is NC(=O)c1cc2c(nc1N1CCN(c3ccccc3O)CC1)CCC2. The highest BCUT2D eigenvalue weighted by molar-refractivity contribution is 5.98. The fraction of sp³-hybridized carbons (Fsp3) is 0.368. The molecule has 2 aliphatic rings. The first-order valence-electron chi connectivity index (χ1n) is 8.74. The third-order valence-corrected chi connectivity index (χ3v) is 5.10. The number of anilines is 2. The van der Waals surface area contributed by atoms with Gasteiger partial charge in [-0.3, -0.25) is 4.79 Å². The second-order valence-electron chi connectivity index (χ2n) is 6.65. The number of aromatic hydroxyl groups is 1. The number of pyridine rings is 1. The predicted octanol–water partition coefficient (Wildman–Crippen LogP) is 1.70. The third-order valence-electron chi connectivity index (χ3n) is 5.10. The van der Waals surface area contributed by atoms with E-state index in [0.717, 1.165) is 62.4 Å². The molecule has 130 valence electrons. The molecule has 1 aliphatic carbocycles. The van der Waals surface area contributed by atoms with Gasteiger partial charge in [0.25, 0.3) is 5.91 Å². The number of amides is 1. The zero-order valence-corrected chi connectivity index (χ0v) is 14.1. The Hall–Kier alpha value is -2.76. The largest absolute Gasteiger partial charge is 0.506 e. The summed E-state index contributed by atoms with van der Waals surface area (Å²) in [6, 6.07) is 9.31. The van der Waals surface area contributed by atoms with E-state index in [2.05, 4.69) is 9.80 Å². The second kappa shape index (κ2) is 6.27. The minimum Gasteiger partial charge on any atom is -0.506 e. The number of fused-ring (bicyclic) bond motifs is 1. The van der Waals surface area contributed by atoms with Crippen LogP contribution in [0.25, 0.3) is 0 Å². The van der Waals surface area contributed by atoms with Gasteiger partial charge >= 0.3 is 0 Å². The van der Waals surface area contributed by atoms with Crippen LogP contribution in [-0.4, -0.2) is 42.2 Å². The van der Waals surface area contributed by atoms with Crippen molar-refractivity contribution in [3.8, 4) is 5.75 Å². The van der Waals surface area contributed by atoms with Crippen LogP contribution in [-0.2, 0) is 12.8 Å². The van der Waals surface area contributed by atoms with Gasteiger partial charge in [-0.15, -0.1) is 0 Å². The van der Waals surface area contributed by atoms with Crippen LogP contribution in [0, 0.1) is 0 Å². The van der Waals surface area contributed by atoms with Crippen LogP contribution in [0.15, 0.2) is 30.3 Å². The monoisotopic (exact) mass is 338 g/mol. The molecule has 6 nitrogen and oxygen atoms in total. The molecule has 0 atom stereocenters. The number of rotatable bonds is 3. The molecule has 3 N–H and O–H groups in total. The number of nitrogens with zero attached hydrogens (tertiary/aromatic N) is 3. The molecule has 2 heterocycles. The summed E-state index contributed by atoms with van der Waals surface area (Å²) in [6.07, 6.45) is 3.04. The molecule has 6 heteroatoms. The van der Waals surface area contributed by atoms with E-state index in [-0.39, 0.29) is 0 Å². The summed E-state index contributed by atoms with van der Waals surface area (Å²) in [7, 11) is 0. The highest BCUT2D eigenvalue weighted by Gasteiger charge is 2.26. The van der Waals surface area contributed by atoms with E-state index in [9.17, 15) is 9.90 Å². The first-order valence-corrected chi connectivity index (χ1v) is 8.74. The van der Waals surface area contributed by atoms with Gasteiger partial charge in [0, 0.05) is 31.9 Å². The van der Waals surface area contributed by atoms with Crippen LogP contribution in [0.1, 0.15) is 28.0 Å². The summed E-state index contributed by atoms with van der Waals surface area (Å²) >= 11 is 0. The average Bonchev–Trinajstić information content (AvgIpc) is 3.09. The number of primary amides is 1. The fourth-order valence-electron chi connectivity index (χ4n) is 3.77. The van der Waals surface area contributed by atoms with E-state index in [4.69, 9.17) is 10.7 Å². The lowest BCUT2D eigenvalue weighted by atomic mass is 10.1. The van der Waals surface area contributed by atoms with Gasteiger partial charge in [0.2, 0.25) is 0 Å². The zero-order chi connectivity index (χ0) is 17.4. The zero-order valence-electron chi connectivity index (χ0n) is 14.1. The quantitative estimate of drug-likeness (QED) is 0.890. The minimum atomic E-state index is -0.416. The Morgan fingerprint density at radius 1 is 1.08 bits per heavy atom. The minimum absolute atomic E-state index is 0.296. The molecule has 1 fully saturated rings. The van der Waals surface area contributed by atoms with Crippen molar-refractivity contribution in [2.24, 2.45) is 5.73 Å². The Morgan fingerprint density at radius 3 is 2.52 bits per heavy atom. The summed E-state index contributed by atoms with van der Waals surface area (Å²) in [5, 5.41) is 10.0. The summed E-state index contributed by atoms with van der Waals surface area (Å²) in [4.78, 5) is 21.0. The van der Waals surface area contributed by atoms with Crippen LogP contribution in [0.5, 0.6) is 5.75 Å². The standard InChI is InChI=1S/C19H22N4O2/c20-18(25)14-12-13-4-3-5-15(13)21-19(14)23-10-8-22(9-11-23)16-6-1-2-7-17(16)24/h1-2,6-7,12,24H,3-5,8-11H2,(H2,20,25). The van der Waals surface area contributed by atoms with E-state index < -0.39 is 5.91 Å². The summed E-state index contributed by atoms with van der Waals surface area (Å²) in [6.45, 7) is 2.99. The van der Waals surface area contributed by atoms with Gasteiger partial charge in [0.1, 0.15) is 11.6 Å². The number of carbonyl (C=O) groups excluding carboxylic acids is 1. The van der Waals surface area contributed by atoms with Crippen molar-refractivity contribution in [1.82, 2.24) is 4.98 Å². The van der Waals surface area contributed by atoms with Gasteiger partial charge in [-0.2, -0.15) is 0 Å². The van der Waals surface area contributed by atoms with Crippen LogP contribution in [0.3, 0.4) is 0 Å². The van der Waals surface area contributed by atoms with Crippen LogP contribution in [0.4, 0.5) is 11.5 Å². The maximum atomic E-state index is 11.9. The Bertz CT molecular complexity index is 813. The molecule has 0 radical (unpaired) electrons. The maximum absolute atomic E-state index is 11.9. The number of carbonyl (C=O) groups is 1. The fourth-order valence-corrected chi connectivity index (χ4v) is 3.77. The summed E-state index contributed by atoms with van der Waals surface area (Å²) in [5.74, 6) is 0.592. The Labute approximate surface area is 146 Å². The number of piperazine rings is 1. The first kappa shape index (κ1) is 15.7. The van der Waals surface area contributed by atoms with Crippen molar-refractivity contribution in [1.29, 1.82) is 0 Å². The van der Waals surface area contributed by atoms with Crippen LogP contribution in [0.2, 0.25) is 0 Å². The van der Waals surface area contributed by atoms with E-state index in [0.29, 0.717) is 17.1 Å². The Kier molecular flexibility index (Phi) is 3.95. The van der Waals surface area contributed by atoms with E-state index in [1.165, 1.54) is 0 Å². The molecule has 1 aromatic heterocycles. The number of para-hydroxylation sites is 2. The molecule has 1 aromatic carbocycles. The Morgan fingerprint density at radius 2 is 1.80 bits per heavy atom. The number of aryl methyl sites for hydroxylation is 2. The summed E-state index contributed by atoms with van der Waals surface area (Å²) < 4.78 is 0. The molecule has 1 amide bonds. The molecule has 4 rings (SSSR count). The molecule has 25 heavy (non-hydrogen) atoms. The molecule has 1 aliphatic heterocycles. The van der Waals surface area contributed by atoms with Gasteiger partial charge in [0.05, 0.1) is 11.3 Å². The molecular weight excluding hydrogens is 316 g/mol. The number of benzene rings is 1. The lowest BCUT2D eigenvalue weighted by molar-refractivity contribution is 0.100. The highest BCUT2D eigenvalue weighted by Crippen LogP contribution is 2.30. The van der Waals surface area contributed by atoms with E-state index >= 15 is 0 Å². The third kappa shape index (κ3) is 2.88. The van der Waals surface area contributed by atoms with Crippen molar-refractivity contribution in [3.63, 3.8) is 0 Å². The van der Waals surface area contributed by atoms with Crippen molar-refractivity contribution in [2.45, 2.75) is 19.3 Å². The van der Waals surface area contributed by atoms with Crippen LogP contribution >= 0.6 is 0 Å². The van der Waals surface area contributed by atoms with Crippen molar-refractivity contribution >= 4 is 17.4 Å². The normalized spacial score (nSPS) is 16.8. The molecule has 0 spiro atoms. The van der Waals surface area contributed by atoms with Crippen molar-refractivity contribution in [2.75, 3.05) is 36.0 Å². The molecule has 0 bridgehead atoms. The van der Waals surface area contributed by atoms with E-state index in [1.807, 2.05) is 24.3 Å². The Balaban J connectivity index is 1.57. The van der Waals surface area contributed by atoms with Gasteiger partial charge < -0.3 is 20.6 Å². The molecule has 0 unspecified atom stereocenters. The average molecular weight is 338 g/mol. The number of nitrogens with two attached hydrogens (primary N) is 1. The number of phenolic OH excluding ortho intramolecular Hbond substituents is 1. The molecule has 0 saturated carbocycles. The highest BCUT2D eigenvalue weighted by atomic mass is 16.3. The molecule has 2 aromatic rings. The summed E-state index contributed by atoms with van der Waals surface area (Å²) in [5.41, 5.74) is 9.23. The van der Waals surface area contributed by atoms with Gasteiger partial charge in [-0.1, -0.05) is 12.1 Å². The van der Waals surface area contributed by atoms with Crippen LogP contribution < -0.4 is 15.5 Å². The second-order valence-corrected chi connectivity index (χ2v) is 6.65. The number of hydrogen-bond donors (Lipinski definition) is 2. The van der Waals surface area contributed by atoms with E-state index in [1.54, 1.807) is 6.07 Å². The van der Waals surface area contributed by atoms with Gasteiger partial charge in [-0.05, 0) is 43.0 Å². The first-order chi connectivity index (χ1) is 12.1. The molecule has 1 saturated heterocycles. The topological polar surface area (TPSA) is 82.7 Å². The van der Waals surface area contributed by atoms with Gasteiger partial charge in [-0.25, -0.2) is 4.98 Å². The number of phenols is 1. The lowest BCUT2D eigenvalue weighted by Gasteiger charge is -2.37. The molecular formula is C19H22N4O2. The number of hydrogen-bond acceptors (Lipinski definition) is 5.